The highest BCUT2D eigenvalue weighted by atomic mass is 16.5. The van der Waals surface area contributed by atoms with Crippen LogP contribution < -0.4 is 0 Å². The number of methoxy groups -OCH3 is 1. The van der Waals surface area contributed by atoms with E-state index in [1.165, 1.54) is 51.6 Å². The number of carbonyl (C=O) groups is 1. The lowest BCUT2D eigenvalue weighted by Gasteiger charge is -2.51. The van der Waals surface area contributed by atoms with E-state index in [0.29, 0.717) is 6.42 Å². The van der Waals surface area contributed by atoms with Crippen LogP contribution in [0.15, 0.2) is 97.1 Å². The molecule has 0 heterocycles. The van der Waals surface area contributed by atoms with Crippen LogP contribution in [-0.4, -0.2) is 13.1 Å². The number of esters is 1. The molecule has 1 unspecified atom stereocenters. The Kier molecular flexibility index (Phi) is 6.67. The summed E-state index contributed by atoms with van der Waals surface area (Å²) >= 11 is 0. The SMILES string of the molecule is CCCC(C1(CCC)c2ccccc2-c2ccccc21)C1(CCC(=O)OC)c2ccccc2-c2ccccc21. The van der Waals surface area contributed by atoms with Gasteiger partial charge in [-0.2, -0.15) is 0 Å². The van der Waals surface area contributed by atoms with Crippen LogP contribution in [0, 0.1) is 5.92 Å². The second-order valence-corrected chi connectivity index (χ2v) is 11.3. The number of hydrogen-bond donors (Lipinski definition) is 0. The predicted octanol–water partition coefficient (Wildman–Crippen LogP) is 9.09. The van der Waals surface area contributed by atoms with E-state index in [9.17, 15) is 4.79 Å². The van der Waals surface area contributed by atoms with E-state index in [-0.39, 0.29) is 22.7 Å². The molecular formula is C37H38O2. The molecule has 0 radical (unpaired) electrons. The van der Waals surface area contributed by atoms with Crippen molar-refractivity contribution in [2.24, 2.45) is 5.92 Å². The van der Waals surface area contributed by atoms with Crippen molar-refractivity contribution in [3.63, 3.8) is 0 Å². The van der Waals surface area contributed by atoms with E-state index < -0.39 is 0 Å². The summed E-state index contributed by atoms with van der Waals surface area (Å²) < 4.78 is 5.24. The van der Waals surface area contributed by atoms with Gasteiger partial charge in [0.25, 0.3) is 0 Å². The quantitative estimate of drug-likeness (QED) is 0.208. The maximum absolute atomic E-state index is 12.8. The van der Waals surface area contributed by atoms with Crippen LogP contribution in [0.1, 0.15) is 74.6 Å². The van der Waals surface area contributed by atoms with Gasteiger partial charge in [-0.15, -0.1) is 0 Å². The van der Waals surface area contributed by atoms with Crippen LogP contribution >= 0.6 is 0 Å². The van der Waals surface area contributed by atoms with E-state index in [4.69, 9.17) is 4.74 Å². The van der Waals surface area contributed by atoms with Gasteiger partial charge in [-0.1, -0.05) is 124 Å². The van der Waals surface area contributed by atoms with E-state index in [2.05, 4.69) is 111 Å². The van der Waals surface area contributed by atoms with Crippen molar-refractivity contribution in [1.29, 1.82) is 0 Å². The summed E-state index contributed by atoms with van der Waals surface area (Å²) in [4.78, 5) is 12.8. The molecule has 2 aliphatic rings. The van der Waals surface area contributed by atoms with E-state index in [0.717, 1.165) is 32.1 Å². The Balaban J connectivity index is 1.72. The van der Waals surface area contributed by atoms with Crippen LogP contribution in [0.25, 0.3) is 22.3 Å². The van der Waals surface area contributed by atoms with E-state index in [1.54, 1.807) is 0 Å². The van der Waals surface area contributed by atoms with Crippen LogP contribution in [0.3, 0.4) is 0 Å². The summed E-state index contributed by atoms with van der Waals surface area (Å²) in [6, 6.07) is 36.1. The fourth-order valence-corrected chi connectivity index (χ4v) is 8.35. The molecular weight excluding hydrogens is 476 g/mol. The number of rotatable bonds is 9. The monoisotopic (exact) mass is 514 g/mol. The average molecular weight is 515 g/mol. The fourth-order valence-electron chi connectivity index (χ4n) is 8.35. The second-order valence-electron chi connectivity index (χ2n) is 11.3. The molecule has 0 aliphatic heterocycles. The third-order valence-electron chi connectivity index (χ3n) is 9.57. The lowest BCUT2D eigenvalue weighted by Crippen LogP contribution is -2.48. The lowest BCUT2D eigenvalue weighted by molar-refractivity contribution is -0.141. The Morgan fingerprint density at radius 1 is 0.615 bits per heavy atom. The maximum Gasteiger partial charge on any atom is 0.305 e. The van der Waals surface area contributed by atoms with Gasteiger partial charge in [-0.25, -0.2) is 0 Å². The smallest absolute Gasteiger partial charge is 0.305 e. The summed E-state index contributed by atoms with van der Waals surface area (Å²) in [7, 11) is 1.51. The Morgan fingerprint density at radius 2 is 1.00 bits per heavy atom. The van der Waals surface area contributed by atoms with Crippen molar-refractivity contribution < 1.29 is 9.53 Å². The number of hydrogen-bond acceptors (Lipinski definition) is 2. The molecule has 0 fully saturated rings. The standard InChI is InChI=1S/C37H38O2/c1-4-14-34(36(24-5-2)30-19-10-6-15-26(30)27-16-7-11-20-31(27)36)37(25-23-35(38)39-3)32-21-12-8-17-28(32)29-18-9-13-22-33(29)37/h6-13,15-22,34H,4-5,14,23-25H2,1-3H3. The van der Waals surface area contributed by atoms with Gasteiger partial charge in [-0.05, 0) is 69.7 Å². The van der Waals surface area contributed by atoms with Crippen LogP contribution in [0.2, 0.25) is 0 Å². The Labute approximate surface area is 233 Å². The van der Waals surface area contributed by atoms with E-state index in [1.807, 2.05) is 0 Å². The van der Waals surface area contributed by atoms with Gasteiger partial charge in [-0.3, -0.25) is 4.79 Å². The second kappa shape index (κ2) is 10.2. The molecule has 0 aromatic heterocycles. The van der Waals surface area contributed by atoms with Crippen molar-refractivity contribution in [1.82, 2.24) is 0 Å². The highest BCUT2D eigenvalue weighted by Gasteiger charge is 2.58. The van der Waals surface area contributed by atoms with Gasteiger partial charge in [0.1, 0.15) is 0 Å². The molecule has 0 N–H and O–H groups in total. The molecule has 39 heavy (non-hydrogen) atoms. The molecule has 0 bridgehead atoms. The van der Waals surface area contributed by atoms with Gasteiger partial charge in [0, 0.05) is 17.3 Å². The zero-order valence-electron chi connectivity index (χ0n) is 23.4. The largest absolute Gasteiger partial charge is 0.469 e. The van der Waals surface area contributed by atoms with Crippen LogP contribution in [0.4, 0.5) is 0 Å². The molecule has 2 heteroatoms. The van der Waals surface area contributed by atoms with Crippen molar-refractivity contribution in [3.8, 4) is 22.3 Å². The Morgan fingerprint density at radius 3 is 1.36 bits per heavy atom. The zero-order valence-corrected chi connectivity index (χ0v) is 23.4. The summed E-state index contributed by atoms with van der Waals surface area (Å²) in [6.45, 7) is 4.64. The van der Waals surface area contributed by atoms with Crippen molar-refractivity contribution in [2.45, 2.75) is 63.2 Å². The normalized spacial score (nSPS) is 16.1. The first kappa shape index (κ1) is 25.6. The highest BCUT2D eigenvalue weighted by Crippen LogP contribution is 2.66. The molecule has 1 atom stereocenters. The fraction of sp³-hybridized carbons (Fsp3) is 0.324. The molecule has 0 amide bonds. The summed E-state index contributed by atoms with van der Waals surface area (Å²) in [5, 5.41) is 0. The molecule has 0 spiro atoms. The van der Waals surface area contributed by atoms with Crippen molar-refractivity contribution >= 4 is 5.97 Å². The van der Waals surface area contributed by atoms with Gasteiger partial charge in [0.2, 0.25) is 0 Å². The first-order valence-electron chi connectivity index (χ1n) is 14.6. The molecule has 4 aromatic carbocycles. The minimum absolute atomic E-state index is 0.136. The summed E-state index contributed by atoms with van der Waals surface area (Å²) in [5.41, 5.74) is 10.5. The van der Waals surface area contributed by atoms with E-state index >= 15 is 0 Å². The average Bonchev–Trinajstić information content (AvgIpc) is 3.44. The third-order valence-corrected chi connectivity index (χ3v) is 9.57. The lowest BCUT2D eigenvalue weighted by atomic mass is 9.51. The van der Waals surface area contributed by atoms with Crippen molar-refractivity contribution in [2.75, 3.05) is 7.11 Å². The summed E-state index contributed by atoms with van der Waals surface area (Å²) in [6.07, 6.45) is 5.41. The first-order chi connectivity index (χ1) is 19.1. The molecule has 6 rings (SSSR count). The molecule has 0 saturated carbocycles. The topological polar surface area (TPSA) is 26.3 Å². The van der Waals surface area contributed by atoms with Gasteiger partial charge in [0.15, 0.2) is 0 Å². The van der Waals surface area contributed by atoms with Crippen molar-refractivity contribution in [3.05, 3.63) is 119 Å². The summed E-state index contributed by atoms with van der Waals surface area (Å²) in [5.74, 6) is 0.123. The molecule has 4 aromatic rings. The zero-order chi connectivity index (χ0) is 27.0. The first-order valence-corrected chi connectivity index (χ1v) is 14.6. The number of ether oxygens (including phenoxy) is 1. The number of fused-ring (bicyclic) bond motifs is 6. The van der Waals surface area contributed by atoms with Crippen LogP contribution in [-0.2, 0) is 20.4 Å². The highest BCUT2D eigenvalue weighted by molar-refractivity contribution is 5.85. The molecule has 0 saturated heterocycles. The predicted molar refractivity (Wildman–Crippen MR) is 160 cm³/mol. The molecule has 2 nitrogen and oxygen atoms in total. The Bertz CT molecular complexity index is 1420. The number of benzene rings is 4. The van der Waals surface area contributed by atoms with Gasteiger partial charge < -0.3 is 4.74 Å². The maximum atomic E-state index is 12.8. The van der Waals surface area contributed by atoms with Gasteiger partial charge in [0.05, 0.1) is 7.11 Å². The Hall–Kier alpha value is -3.65. The van der Waals surface area contributed by atoms with Crippen LogP contribution in [0.5, 0.6) is 0 Å². The van der Waals surface area contributed by atoms with Gasteiger partial charge >= 0.3 is 5.97 Å². The third kappa shape index (κ3) is 3.64. The molecule has 198 valence electrons. The number of carbonyl (C=O) groups excluding carboxylic acids is 1. The minimum Gasteiger partial charge on any atom is -0.469 e. The minimum atomic E-state index is -0.322. The molecule has 2 aliphatic carbocycles.